The fraction of sp³-hybridized carbons (Fsp3) is 0.246. The largest absolute Gasteiger partial charge is 2.00 e. The molecular formula is C57H57N3OPt. The fourth-order valence-corrected chi connectivity index (χ4v) is 8.30. The van der Waals surface area contributed by atoms with Crippen molar-refractivity contribution in [3.63, 3.8) is 0 Å². The summed E-state index contributed by atoms with van der Waals surface area (Å²) in [5, 5.41) is 0. The number of hydrogen-bond donors (Lipinski definition) is 0. The first-order valence-electron chi connectivity index (χ1n) is 21.3. The van der Waals surface area contributed by atoms with Crippen LogP contribution in [0.5, 0.6) is 5.75 Å². The molecule has 0 atom stereocenters. The molecular weight excluding hydrogens is 938 g/mol. The van der Waals surface area contributed by atoms with Crippen molar-refractivity contribution in [2.75, 3.05) is 0 Å². The number of rotatable bonds is 7. The maximum absolute atomic E-state index is 5.97. The van der Waals surface area contributed by atoms with E-state index in [0.29, 0.717) is 5.75 Å². The molecule has 0 N–H and O–H groups in total. The summed E-state index contributed by atoms with van der Waals surface area (Å²) in [5.74, 6) is 1.50. The molecule has 5 heteroatoms. The van der Waals surface area contributed by atoms with Crippen LogP contribution in [0.4, 0.5) is 0 Å². The van der Waals surface area contributed by atoms with Gasteiger partial charge >= 0.3 is 21.1 Å². The van der Waals surface area contributed by atoms with E-state index >= 15 is 0 Å². The number of pyridine rings is 1. The molecule has 316 valence electrons. The average molecular weight is 995 g/mol. The molecule has 0 amide bonds. The molecule has 0 aliphatic carbocycles. The molecule has 8 aromatic rings. The van der Waals surface area contributed by atoms with Crippen molar-refractivity contribution in [2.24, 2.45) is 0 Å². The summed E-state index contributed by atoms with van der Waals surface area (Å²) >= 11 is 0. The third-order valence-corrected chi connectivity index (χ3v) is 11.8. The number of nitrogens with zero attached hydrogens (tertiary/aromatic N) is 3. The normalized spacial score (nSPS) is 12.1. The number of hydrogen-bond acceptors (Lipinski definition) is 3. The van der Waals surface area contributed by atoms with Gasteiger partial charge in [0, 0.05) is 17.5 Å². The van der Waals surface area contributed by atoms with Crippen molar-refractivity contribution < 1.29 is 25.8 Å². The van der Waals surface area contributed by atoms with E-state index in [1.54, 1.807) is 0 Å². The van der Waals surface area contributed by atoms with Gasteiger partial charge in [0.2, 0.25) is 0 Å². The number of benzene rings is 6. The zero-order chi connectivity index (χ0) is 43.4. The minimum atomic E-state index is -0.141. The molecule has 62 heavy (non-hydrogen) atoms. The molecule has 0 bridgehead atoms. The molecule has 0 saturated heterocycles. The maximum atomic E-state index is 5.97. The summed E-state index contributed by atoms with van der Waals surface area (Å²) in [4.78, 5) is 10.6. The van der Waals surface area contributed by atoms with Crippen molar-refractivity contribution in [1.29, 1.82) is 0 Å². The van der Waals surface area contributed by atoms with E-state index in [1.165, 1.54) is 16.7 Å². The van der Waals surface area contributed by atoms with Gasteiger partial charge < -0.3 is 4.74 Å². The van der Waals surface area contributed by atoms with Gasteiger partial charge in [-0.2, -0.15) is 7.11 Å². The molecule has 6 aromatic carbocycles. The van der Waals surface area contributed by atoms with E-state index in [1.807, 2.05) is 12.3 Å². The van der Waals surface area contributed by atoms with Crippen molar-refractivity contribution in [1.82, 2.24) is 14.5 Å². The Morgan fingerprint density at radius 3 is 1.89 bits per heavy atom. The minimum Gasteiger partial charge on any atom is -0.665 e. The second-order valence-corrected chi connectivity index (χ2v) is 19.6. The van der Waals surface area contributed by atoms with Crippen LogP contribution >= 0.6 is 0 Å². The van der Waals surface area contributed by atoms with E-state index in [4.69, 9.17) is 14.7 Å². The molecule has 0 radical (unpaired) electrons. The van der Waals surface area contributed by atoms with Gasteiger partial charge in [0.15, 0.2) is 0 Å². The molecule has 2 heterocycles. The first kappa shape index (κ1) is 44.5. The number of aryl methyl sites for hydroxylation is 2. The Hall–Kier alpha value is -5.57. The second kappa shape index (κ2) is 16.9. The van der Waals surface area contributed by atoms with Gasteiger partial charge in [-0.15, -0.1) is 29.3 Å². The van der Waals surface area contributed by atoms with Crippen LogP contribution in [0.3, 0.4) is 0 Å². The molecule has 0 fully saturated rings. The molecule has 0 spiro atoms. The van der Waals surface area contributed by atoms with Crippen molar-refractivity contribution in [3.8, 4) is 67.5 Å². The molecule has 0 aliphatic heterocycles. The third kappa shape index (κ3) is 8.73. The van der Waals surface area contributed by atoms with E-state index in [9.17, 15) is 0 Å². The van der Waals surface area contributed by atoms with Crippen molar-refractivity contribution in [2.45, 2.75) is 92.4 Å². The van der Waals surface area contributed by atoms with Crippen molar-refractivity contribution in [3.05, 3.63) is 175 Å². The first-order valence-corrected chi connectivity index (χ1v) is 21.3. The SMILES string of the molecule is [CH2-]Oc1c(C)cc(C)cc1-c1nc2c(-c3[c-]c(-c4cc(-c5ccccc5)ccn4)cc(C(C)(C)C)c3)cccc2n1-c1cc(C(C)(C)C)ccc1-c1ccc(C(C)(C)C)cc1.[Pt+2]. The molecule has 4 nitrogen and oxygen atoms in total. The van der Waals surface area contributed by atoms with Gasteiger partial charge in [0.25, 0.3) is 0 Å². The Morgan fingerprint density at radius 1 is 0.565 bits per heavy atom. The van der Waals surface area contributed by atoms with E-state index in [0.717, 1.165) is 83.9 Å². The van der Waals surface area contributed by atoms with Crippen LogP contribution in [0, 0.1) is 27.0 Å². The number of para-hydroxylation sites is 1. The first-order chi connectivity index (χ1) is 28.9. The van der Waals surface area contributed by atoms with Crippen LogP contribution in [-0.4, -0.2) is 14.5 Å². The molecule has 8 rings (SSSR count). The predicted octanol–water partition coefficient (Wildman–Crippen LogP) is 15.2. The number of aromatic nitrogens is 3. The molecule has 0 unspecified atom stereocenters. The van der Waals surface area contributed by atoms with Crippen molar-refractivity contribution >= 4 is 11.0 Å². The second-order valence-electron chi connectivity index (χ2n) is 19.6. The topological polar surface area (TPSA) is 39.9 Å². The number of ether oxygens (including phenoxy) is 1. The third-order valence-electron chi connectivity index (χ3n) is 11.8. The fourth-order valence-electron chi connectivity index (χ4n) is 8.30. The Morgan fingerprint density at radius 2 is 1.23 bits per heavy atom. The molecule has 0 saturated carbocycles. The van der Waals surface area contributed by atoms with Gasteiger partial charge in [-0.25, -0.2) is 4.98 Å². The van der Waals surface area contributed by atoms with Crippen LogP contribution in [0.15, 0.2) is 134 Å². The number of imidazole rings is 1. The summed E-state index contributed by atoms with van der Waals surface area (Å²) in [7, 11) is 3.94. The Kier molecular flexibility index (Phi) is 12.2. The summed E-state index contributed by atoms with van der Waals surface area (Å²) in [6, 6.07) is 49.9. The van der Waals surface area contributed by atoms with Gasteiger partial charge in [0.05, 0.1) is 28.0 Å². The van der Waals surface area contributed by atoms with E-state index < -0.39 is 0 Å². The minimum absolute atomic E-state index is 0. The smallest absolute Gasteiger partial charge is 0.665 e. The van der Waals surface area contributed by atoms with Crippen LogP contribution in [0.25, 0.3) is 72.7 Å². The monoisotopic (exact) mass is 994 g/mol. The Labute approximate surface area is 383 Å². The van der Waals surface area contributed by atoms with E-state index in [-0.39, 0.29) is 37.3 Å². The van der Waals surface area contributed by atoms with Crippen LogP contribution in [-0.2, 0) is 37.3 Å². The number of fused-ring (bicyclic) bond motifs is 1. The Balaban J connectivity index is 0.00000578. The molecule has 0 aliphatic rings. The molecule has 2 aromatic heterocycles. The predicted molar refractivity (Wildman–Crippen MR) is 256 cm³/mol. The van der Waals surface area contributed by atoms with Gasteiger partial charge in [-0.1, -0.05) is 164 Å². The quantitative estimate of drug-likeness (QED) is 0.149. The zero-order valence-electron chi connectivity index (χ0n) is 38.0. The van der Waals surface area contributed by atoms with Crippen LogP contribution < -0.4 is 4.74 Å². The summed E-state index contributed by atoms with van der Waals surface area (Å²) in [5.41, 5.74) is 17.8. The van der Waals surface area contributed by atoms with Gasteiger partial charge in [-0.05, 0) is 93.3 Å². The maximum Gasteiger partial charge on any atom is 2.00 e. The summed E-state index contributed by atoms with van der Waals surface area (Å²) in [6.45, 7) is 24.6. The Bertz CT molecular complexity index is 2900. The zero-order valence-corrected chi connectivity index (χ0v) is 40.2. The summed E-state index contributed by atoms with van der Waals surface area (Å²) in [6.07, 6.45) is 1.90. The van der Waals surface area contributed by atoms with Crippen LogP contribution in [0.2, 0.25) is 0 Å². The van der Waals surface area contributed by atoms with Gasteiger partial charge in [0.1, 0.15) is 5.82 Å². The average Bonchev–Trinajstić information content (AvgIpc) is 3.62. The van der Waals surface area contributed by atoms with E-state index in [2.05, 4.69) is 215 Å². The standard InChI is InChI=1S/C57H57N3O.Pt/c1-36-29-37(2)53(61-12)48(30-36)54-59-52-47(41-31-42(33-45(32-41)57(9,10)11)49-34-40(27-28-58-49)38-17-14-13-15-18-38)19-16-20-50(52)60(54)51-35-44(56(6,7)8)25-26-46(51)39-21-23-43(24-22-39)55(3,4)5;/h13-30,32-35H,12H2,1-11H3;/q-2;+2. The summed E-state index contributed by atoms with van der Waals surface area (Å²) < 4.78 is 8.31. The van der Waals surface area contributed by atoms with Crippen LogP contribution in [0.1, 0.15) is 90.1 Å². The van der Waals surface area contributed by atoms with Gasteiger partial charge in [-0.3, -0.25) is 9.55 Å².